The largest absolute Gasteiger partial charge is 0.342 e. The Kier molecular flexibility index (Phi) is 5.83. The van der Waals surface area contributed by atoms with Crippen molar-refractivity contribution < 1.29 is 14.0 Å². The van der Waals surface area contributed by atoms with Crippen molar-refractivity contribution in [2.75, 3.05) is 11.9 Å². The van der Waals surface area contributed by atoms with Crippen molar-refractivity contribution in [2.24, 2.45) is 0 Å². The van der Waals surface area contributed by atoms with Gasteiger partial charge >= 0.3 is 0 Å². The number of aromatic nitrogens is 4. The van der Waals surface area contributed by atoms with Gasteiger partial charge in [0.2, 0.25) is 5.91 Å². The summed E-state index contributed by atoms with van der Waals surface area (Å²) in [5.41, 5.74) is 2.40. The molecular formula is C19H21FN6O2. The molecule has 3 rings (SSSR count). The lowest BCUT2D eigenvalue weighted by Gasteiger charge is -2.06. The Bertz CT molecular complexity index is 994. The number of hydrogen-bond donors (Lipinski definition) is 2. The van der Waals surface area contributed by atoms with Crippen LogP contribution in [-0.2, 0) is 17.9 Å². The van der Waals surface area contributed by atoms with Crippen LogP contribution in [0.1, 0.15) is 28.7 Å². The summed E-state index contributed by atoms with van der Waals surface area (Å²) in [6.45, 7) is 4.45. The number of aryl methyl sites for hydroxylation is 2. The first-order valence-corrected chi connectivity index (χ1v) is 8.84. The van der Waals surface area contributed by atoms with Crippen LogP contribution in [0.25, 0.3) is 0 Å². The van der Waals surface area contributed by atoms with Crippen molar-refractivity contribution in [1.29, 1.82) is 0 Å². The van der Waals surface area contributed by atoms with Gasteiger partial charge in [-0.2, -0.15) is 10.2 Å². The van der Waals surface area contributed by atoms with Crippen LogP contribution >= 0.6 is 0 Å². The average molecular weight is 384 g/mol. The third-order valence-corrected chi connectivity index (χ3v) is 3.99. The molecule has 0 unspecified atom stereocenters. The Morgan fingerprint density at radius 1 is 1.25 bits per heavy atom. The van der Waals surface area contributed by atoms with Gasteiger partial charge in [-0.05, 0) is 37.6 Å². The molecule has 146 valence electrons. The van der Waals surface area contributed by atoms with E-state index in [4.69, 9.17) is 0 Å². The number of rotatable bonds is 7. The van der Waals surface area contributed by atoms with E-state index in [1.54, 1.807) is 40.7 Å². The van der Waals surface area contributed by atoms with E-state index in [9.17, 15) is 14.0 Å². The highest BCUT2D eigenvalue weighted by Gasteiger charge is 2.14. The summed E-state index contributed by atoms with van der Waals surface area (Å²) in [6.07, 6.45) is 3.13. The van der Waals surface area contributed by atoms with Crippen LogP contribution in [0.4, 0.5) is 10.1 Å². The summed E-state index contributed by atoms with van der Waals surface area (Å²) in [5.74, 6) is -1.05. The van der Waals surface area contributed by atoms with Gasteiger partial charge in [0, 0.05) is 12.7 Å². The number of benzene rings is 1. The van der Waals surface area contributed by atoms with Gasteiger partial charge < -0.3 is 10.6 Å². The van der Waals surface area contributed by atoms with Crippen molar-refractivity contribution >= 4 is 17.5 Å². The minimum absolute atomic E-state index is 0.179. The van der Waals surface area contributed by atoms with E-state index in [-0.39, 0.29) is 24.2 Å². The summed E-state index contributed by atoms with van der Waals surface area (Å²) in [5, 5.41) is 13.6. The molecular weight excluding hydrogens is 363 g/mol. The molecule has 9 heteroatoms. The molecule has 0 spiro atoms. The van der Waals surface area contributed by atoms with Gasteiger partial charge in [0.05, 0.1) is 30.7 Å². The zero-order valence-electron chi connectivity index (χ0n) is 15.6. The summed E-state index contributed by atoms with van der Waals surface area (Å²) in [4.78, 5) is 24.3. The second-order valence-electron chi connectivity index (χ2n) is 6.27. The number of nitrogens with one attached hydrogen (secondary N) is 2. The number of carbonyl (C=O) groups is 2. The fourth-order valence-electron chi connectivity index (χ4n) is 2.76. The molecule has 2 N–H and O–H groups in total. The lowest BCUT2D eigenvalue weighted by molar-refractivity contribution is -0.115. The Hall–Kier alpha value is -3.49. The highest BCUT2D eigenvalue weighted by molar-refractivity contribution is 5.98. The fraction of sp³-hybridized carbons (Fsp3) is 0.263. The lowest BCUT2D eigenvalue weighted by Crippen LogP contribution is -2.34. The van der Waals surface area contributed by atoms with E-state index >= 15 is 0 Å². The average Bonchev–Trinajstić information content (AvgIpc) is 3.25. The monoisotopic (exact) mass is 384 g/mol. The molecule has 2 amide bonds. The van der Waals surface area contributed by atoms with Crippen LogP contribution < -0.4 is 10.6 Å². The molecule has 0 saturated heterocycles. The number of anilines is 1. The third-order valence-electron chi connectivity index (χ3n) is 3.99. The molecule has 0 atom stereocenters. The SMILES string of the molecule is CCn1nc(C)cc1C(=O)NCC(=O)Nc1cnn(Cc2cccc(F)c2)c1. The molecule has 0 fully saturated rings. The van der Waals surface area contributed by atoms with Crippen molar-refractivity contribution in [1.82, 2.24) is 24.9 Å². The molecule has 0 radical (unpaired) electrons. The first-order valence-electron chi connectivity index (χ1n) is 8.84. The summed E-state index contributed by atoms with van der Waals surface area (Å²) >= 11 is 0. The van der Waals surface area contributed by atoms with E-state index in [0.29, 0.717) is 24.5 Å². The Morgan fingerprint density at radius 3 is 2.82 bits per heavy atom. The molecule has 0 saturated carbocycles. The van der Waals surface area contributed by atoms with Crippen LogP contribution in [0, 0.1) is 12.7 Å². The number of nitrogens with zero attached hydrogens (tertiary/aromatic N) is 4. The van der Waals surface area contributed by atoms with Gasteiger partial charge in [-0.1, -0.05) is 12.1 Å². The highest BCUT2D eigenvalue weighted by Crippen LogP contribution is 2.09. The number of hydrogen-bond acceptors (Lipinski definition) is 4. The molecule has 2 heterocycles. The molecule has 0 aliphatic carbocycles. The van der Waals surface area contributed by atoms with Gasteiger partial charge in [-0.3, -0.25) is 19.0 Å². The lowest BCUT2D eigenvalue weighted by atomic mass is 10.2. The van der Waals surface area contributed by atoms with Crippen molar-refractivity contribution in [2.45, 2.75) is 26.9 Å². The molecule has 2 aromatic heterocycles. The summed E-state index contributed by atoms with van der Waals surface area (Å²) in [7, 11) is 0. The molecule has 0 aliphatic heterocycles. The quantitative estimate of drug-likeness (QED) is 0.651. The summed E-state index contributed by atoms with van der Waals surface area (Å²) in [6, 6.07) is 7.90. The Labute approximate surface area is 161 Å². The third kappa shape index (κ3) is 4.81. The van der Waals surface area contributed by atoms with E-state index in [2.05, 4.69) is 20.8 Å². The second-order valence-corrected chi connectivity index (χ2v) is 6.27. The number of amides is 2. The minimum Gasteiger partial charge on any atom is -0.342 e. The van der Waals surface area contributed by atoms with Crippen LogP contribution in [-0.4, -0.2) is 37.9 Å². The summed E-state index contributed by atoms with van der Waals surface area (Å²) < 4.78 is 16.4. The maximum absolute atomic E-state index is 13.2. The Balaban J connectivity index is 1.52. The molecule has 8 nitrogen and oxygen atoms in total. The molecule has 28 heavy (non-hydrogen) atoms. The van der Waals surface area contributed by atoms with Crippen LogP contribution in [0.15, 0.2) is 42.7 Å². The molecule has 0 aliphatic rings. The van der Waals surface area contributed by atoms with Gasteiger partial charge in [-0.25, -0.2) is 4.39 Å². The van der Waals surface area contributed by atoms with E-state index in [1.165, 1.54) is 18.3 Å². The minimum atomic E-state index is -0.377. The predicted molar refractivity (Wildman–Crippen MR) is 101 cm³/mol. The maximum Gasteiger partial charge on any atom is 0.269 e. The van der Waals surface area contributed by atoms with Crippen LogP contribution in [0.3, 0.4) is 0 Å². The van der Waals surface area contributed by atoms with Crippen molar-refractivity contribution in [3.05, 3.63) is 65.5 Å². The van der Waals surface area contributed by atoms with Crippen LogP contribution in [0.2, 0.25) is 0 Å². The zero-order chi connectivity index (χ0) is 20.1. The van der Waals surface area contributed by atoms with E-state index < -0.39 is 0 Å². The standard InChI is InChI=1S/C19H21FN6O2/c1-3-26-17(7-13(2)24-26)19(28)21-10-18(27)23-16-9-22-25(12-16)11-14-5-4-6-15(20)8-14/h4-9,12H,3,10-11H2,1-2H3,(H,21,28)(H,23,27). The number of carbonyl (C=O) groups excluding carboxylic acids is 2. The van der Waals surface area contributed by atoms with Gasteiger partial charge in [0.15, 0.2) is 0 Å². The second kappa shape index (κ2) is 8.47. The zero-order valence-corrected chi connectivity index (χ0v) is 15.6. The first kappa shape index (κ1) is 19.3. The first-order chi connectivity index (χ1) is 13.4. The fourth-order valence-corrected chi connectivity index (χ4v) is 2.76. The predicted octanol–water partition coefficient (Wildman–Crippen LogP) is 1.96. The van der Waals surface area contributed by atoms with Gasteiger partial charge in [0.1, 0.15) is 11.5 Å². The Morgan fingerprint density at radius 2 is 2.07 bits per heavy atom. The van der Waals surface area contributed by atoms with Crippen molar-refractivity contribution in [3.63, 3.8) is 0 Å². The van der Waals surface area contributed by atoms with Gasteiger partial charge in [0.25, 0.3) is 5.91 Å². The maximum atomic E-state index is 13.2. The normalized spacial score (nSPS) is 10.7. The highest BCUT2D eigenvalue weighted by atomic mass is 19.1. The van der Waals surface area contributed by atoms with Gasteiger partial charge in [-0.15, -0.1) is 0 Å². The number of halogens is 1. The smallest absolute Gasteiger partial charge is 0.269 e. The molecule has 1 aromatic carbocycles. The van der Waals surface area contributed by atoms with E-state index in [1.807, 2.05) is 6.92 Å². The topological polar surface area (TPSA) is 93.8 Å². The molecule has 3 aromatic rings. The van der Waals surface area contributed by atoms with Crippen molar-refractivity contribution in [3.8, 4) is 0 Å². The molecule has 0 bridgehead atoms. The van der Waals surface area contributed by atoms with E-state index in [0.717, 1.165) is 11.3 Å². The van der Waals surface area contributed by atoms with Crippen LogP contribution in [0.5, 0.6) is 0 Å².